The fourth-order valence-corrected chi connectivity index (χ4v) is 2.51. The van der Waals surface area contributed by atoms with E-state index in [2.05, 4.69) is 15.0 Å². The van der Waals surface area contributed by atoms with Crippen molar-refractivity contribution in [1.82, 2.24) is 4.98 Å². The smallest absolute Gasteiger partial charge is 0.404 e. The van der Waals surface area contributed by atoms with Gasteiger partial charge in [-0.2, -0.15) is 0 Å². The molecule has 0 atom stereocenters. The number of aromatic nitrogens is 1. The molecular formula is C11H7Cl2F3N2OS. The SMILES string of the molecule is FC(F)(F)Oc1ccc(NCc2cnc(Cl)s2)cc1Cl. The molecule has 1 N–H and O–H groups in total. The van der Waals surface area contributed by atoms with Gasteiger partial charge in [0, 0.05) is 16.8 Å². The highest BCUT2D eigenvalue weighted by Gasteiger charge is 2.32. The summed E-state index contributed by atoms with van der Waals surface area (Å²) in [4.78, 5) is 4.76. The molecule has 2 rings (SSSR count). The van der Waals surface area contributed by atoms with Crippen molar-refractivity contribution in [1.29, 1.82) is 0 Å². The number of hydrogen-bond donors (Lipinski definition) is 1. The highest BCUT2D eigenvalue weighted by molar-refractivity contribution is 7.15. The van der Waals surface area contributed by atoms with Crippen LogP contribution in [0, 0.1) is 0 Å². The van der Waals surface area contributed by atoms with Crippen LogP contribution in [0.3, 0.4) is 0 Å². The molecule has 0 unspecified atom stereocenters. The molecule has 0 fully saturated rings. The summed E-state index contributed by atoms with van der Waals surface area (Å²) in [5.41, 5.74) is 0.564. The number of nitrogens with zero attached hydrogens (tertiary/aromatic N) is 1. The molecule has 1 aromatic heterocycles. The topological polar surface area (TPSA) is 34.1 Å². The Balaban J connectivity index is 2.01. The van der Waals surface area contributed by atoms with Crippen molar-refractivity contribution >= 4 is 40.2 Å². The number of thiazole rings is 1. The zero-order valence-corrected chi connectivity index (χ0v) is 12.0. The van der Waals surface area contributed by atoms with Crippen molar-refractivity contribution in [3.63, 3.8) is 0 Å². The molecule has 0 bridgehead atoms. The second-order valence-corrected chi connectivity index (χ2v) is 5.73. The molecular weight excluding hydrogens is 336 g/mol. The molecule has 0 aliphatic carbocycles. The maximum absolute atomic E-state index is 12.1. The largest absolute Gasteiger partial charge is 0.573 e. The van der Waals surface area contributed by atoms with E-state index in [9.17, 15) is 13.2 Å². The lowest BCUT2D eigenvalue weighted by Gasteiger charge is -2.12. The number of nitrogens with one attached hydrogen (secondary N) is 1. The summed E-state index contributed by atoms with van der Waals surface area (Å²) in [6, 6.07) is 3.94. The van der Waals surface area contributed by atoms with Crippen molar-refractivity contribution in [3.8, 4) is 5.75 Å². The van der Waals surface area contributed by atoms with Gasteiger partial charge >= 0.3 is 6.36 Å². The lowest BCUT2D eigenvalue weighted by molar-refractivity contribution is -0.274. The second-order valence-electron chi connectivity index (χ2n) is 3.63. The van der Waals surface area contributed by atoms with Crippen molar-refractivity contribution in [3.05, 3.63) is 38.8 Å². The Bertz CT molecular complexity index is 604. The van der Waals surface area contributed by atoms with E-state index in [0.29, 0.717) is 16.7 Å². The minimum atomic E-state index is -4.77. The van der Waals surface area contributed by atoms with Gasteiger partial charge in [-0.1, -0.05) is 23.2 Å². The Hall–Kier alpha value is -1.18. The summed E-state index contributed by atoms with van der Waals surface area (Å²) < 4.78 is 40.4. The average molecular weight is 343 g/mol. The van der Waals surface area contributed by atoms with E-state index < -0.39 is 12.1 Å². The number of halogens is 5. The number of rotatable bonds is 4. The van der Waals surface area contributed by atoms with Gasteiger partial charge in [0.1, 0.15) is 5.75 Å². The van der Waals surface area contributed by atoms with E-state index in [4.69, 9.17) is 23.2 Å². The normalized spacial score (nSPS) is 11.4. The van der Waals surface area contributed by atoms with Gasteiger partial charge in [0.15, 0.2) is 4.47 Å². The molecule has 108 valence electrons. The van der Waals surface area contributed by atoms with E-state index in [-0.39, 0.29) is 5.02 Å². The number of alkyl halides is 3. The molecule has 20 heavy (non-hydrogen) atoms. The van der Waals surface area contributed by atoms with Gasteiger partial charge < -0.3 is 10.1 Å². The number of ether oxygens (including phenoxy) is 1. The van der Waals surface area contributed by atoms with Gasteiger partial charge in [-0.15, -0.1) is 24.5 Å². The quantitative estimate of drug-likeness (QED) is 0.852. The van der Waals surface area contributed by atoms with Gasteiger partial charge in [-0.25, -0.2) is 4.98 Å². The van der Waals surface area contributed by atoms with Crippen molar-refractivity contribution in [2.45, 2.75) is 12.9 Å². The molecule has 0 amide bonds. The Labute approximate surface area is 126 Å². The minimum absolute atomic E-state index is 0.130. The van der Waals surface area contributed by atoms with E-state index in [1.54, 1.807) is 6.20 Å². The predicted octanol–water partition coefficient (Wildman–Crippen LogP) is 4.96. The molecule has 0 radical (unpaired) electrons. The van der Waals surface area contributed by atoms with Crippen LogP contribution in [0.4, 0.5) is 18.9 Å². The Morgan fingerprint density at radius 1 is 1.30 bits per heavy atom. The first-order valence-electron chi connectivity index (χ1n) is 5.23. The van der Waals surface area contributed by atoms with Crippen molar-refractivity contribution in [2.24, 2.45) is 0 Å². The first-order chi connectivity index (χ1) is 9.33. The van der Waals surface area contributed by atoms with E-state index >= 15 is 0 Å². The van der Waals surface area contributed by atoms with Crippen LogP contribution in [0.25, 0.3) is 0 Å². The fraction of sp³-hybridized carbons (Fsp3) is 0.182. The third kappa shape index (κ3) is 4.43. The van der Waals surface area contributed by atoms with Gasteiger partial charge in [0.05, 0.1) is 11.6 Å². The first-order valence-corrected chi connectivity index (χ1v) is 6.80. The summed E-state index contributed by atoms with van der Waals surface area (Å²) in [6.07, 6.45) is -3.15. The molecule has 0 saturated carbocycles. The molecule has 0 saturated heterocycles. The van der Waals surface area contributed by atoms with Crippen molar-refractivity contribution in [2.75, 3.05) is 5.32 Å². The molecule has 1 heterocycles. The van der Waals surface area contributed by atoms with Crippen LogP contribution in [0.15, 0.2) is 24.4 Å². The number of hydrogen-bond acceptors (Lipinski definition) is 4. The van der Waals surface area contributed by atoms with Crippen LogP contribution < -0.4 is 10.1 Å². The molecule has 0 aliphatic heterocycles. The van der Waals surface area contributed by atoms with Crippen LogP contribution in [-0.4, -0.2) is 11.3 Å². The van der Waals surface area contributed by atoms with E-state index in [0.717, 1.165) is 10.9 Å². The fourth-order valence-electron chi connectivity index (χ4n) is 1.37. The van der Waals surface area contributed by atoms with Crippen LogP contribution in [0.5, 0.6) is 5.75 Å². The monoisotopic (exact) mass is 342 g/mol. The van der Waals surface area contributed by atoms with Gasteiger partial charge in [0.2, 0.25) is 0 Å². The zero-order valence-electron chi connectivity index (χ0n) is 9.67. The van der Waals surface area contributed by atoms with Crippen LogP contribution in [0.2, 0.25) is 9.49 Å². The summed E-state index contributed by atoms with van der Waals surface area (Å²) in [5, 5.41) is 2.87. The van der Waals surface area contributed by atoms with Crippen LogP contribution in [-0.2, 0) is 6.54 Å². The highest BCUT2D eigenvalue weighted by Crippen LogP contribution is 2.32. The maximum Gasteiger partial charge on any atom is 0.573 e. The standard InChI is InChI=1S/C11H7Cl2F3N2OS/c12-8-3-6(1-2-9(8)19-11(14,15)16)17-4-7-5-18-10(13)20-7/h1-3,5,17H,4H2. The lowest BCUT2D eigenvalue weighted by atomic mass is 10.3. The van der Waals surface area contributed by atoms with Crippen LogP contribution in [0.1, 0.15) is 4.88 Å². The summed E-state index contributed by atoms with van der Waals surface area (Å²) in [5.74, 6) is -0.439. The molecule has 3 nitrogen and oxygen atoms in total. The zero-order chi connectivity index (χ0) is 14.8. The summed E-state index contributed by atoms with van der Waals surface area (Å²) >= 11 is 12.7. The molecule has 0 spiro atoms. The number of anilines is 1. The molecule has 9 heteroatoms. The highest BCUT2D eigenvalue weighted by atomic mass is 35.5. The molecule has 1 aromatic carbocycles. The Morgan fingerprint density at radius 2 is 2.05 bits per heavy atom. The summed E-state index contributed by atoms with van der Waals surface area (Å²) in [7, 11) is 0. The van der Waals surface area contributed by atoms with Gasteiger partial charge in [0.25, 0.3) is 0 Å². The predicted molar refractivity (Wildman–Crippen MR) is 72.6 cm³/mol. The Kier molecular flexibility index (Phi) is 4.62. The third-order valence-electron chi connectivity index (χ3n) is 2.15. The number of benzene rings is 1. The summed E-state index contributed by atoms with van der Waals surface area (Å²) in [6.45, 7) is 0.445. The van der Waals surface area contributed by atoms with Gasteiger partial charge in [-0.3, -0.25) is 0 Å². The van der Waals surface area contributed by atoms with Gasteiger partial charge in [-0.05, 0) is 18.2 Å². The van der Waals surface area contributed by atoms with Crippen LogP contribution >= 0.6 is 34.5 Å². The minimum Gasteiger partial charge on any atom is -0.404 e. The second kappa shape index (κ2) is 6.07. The van der Waals surface area contributed by atoms with E-state index in [1.165, 1.54) is 23.5 Å². The molecule has 2 aromatic rings. The average Bonchev–Trinajstić information content (AvgIpc) is 2.74. The third-order valence-corrected chi connectivity index (χ3v) is 3.56. The Morgan fingerprint density at radius 3 is 2.60 bits per heavy atom. The van der Waals surface area contributed by atoms with E-state index in [1.807, 2.05) is 0 Å². The molecule has 0 aliphatic rings. The first kappa shape index (κ1) is 15.2. The van der Waals surface area contributed by atoms with Crippen molar-refractivity contribution < 1.29 is 17.9 Å². The lowest BCUT2D eigenvalue weighted by Crippen LogP contribution is -2.17. The maximum atomic E-state index is 12.1.